The molecule has 1 aliphatic rings. The van der Waals surface area contributed by atoms with Crippen LogP contribution in [0.15, 0.2) is 23.1 Å². The van der Waals surface area contributed by atoms with E-state index in [0.29, 0.717) is 11.4 Å². The molecule has 0 amide bonds. The third kappa shape index (κ3) is 3.84. The van der Waals surface area contributed by atoms with Crippen molar-refractivity contribution in [3.8, 4) is 0 Å². The number of benzene rings is 1. The summed E-state index contributed by atoms with van der Waals surface area (Å²) in [5.74, 6) is 0. The fraction of sp³-hybridized carbons (Fsp3) is 0.538. The predicted molar refractivity (Wildman–Crippen MR) is 81.0 cm³/mol. The summed E-state index contributed by atoms with van der Waals surface area (Å²) in [6.07, 6.45) is 2.55. The zero-order valence-corrected chi connectivity index (χ0v) is 12.5. The summed E-state index contributed by atoms with van der Waals surface area (Å²) in [5, 5.41) is 8.30. The smallest absolute Gasteiger partial charge is 0.238 e. The number of hydrogen-bond donors (Lipinski definition) is 3. The maximum absolute atomic E-state index is 11.3. The summed E-state index contributed by atoms with van der Waals surface area (Å²) in [6, 6.07) is 5.17. The van der Waals surface area contributed by atoms with Gasteiger partial charge in [0.15, 0.2) is 0 Å². The van der Waals surface area contributed by atoms with Crippen molar-refractivity contribution in [3.05, 3.63) is 18.2 Å². The van der Waals surface area contributed by atoms with Gasteiger partial charge in [0, 0.05) is 19.1 Å². The Morgan fingerprint density at radius 1 is 1.40 bits per heavy atom. The lowest BCUT2D eigenvalue weighted by Gasteiger charge is -2.20. The average Bonchev–Trinajstić information content (AvgIpc) is 3.19. The fourth-order valence-electron chi connectivity index (χ4n) is 2.24. The first kappa shape index (κ1) is 15.1. The number of nitrogens with two attached hydrogens (primary N) is 2. The second-order valence-electron chi connectivity index (χ2n) is 5.08. The van der Waals surface area contributed by atoms with Crippen LogP contribution in [-0.4, -0.2) is 39.0 Å². The number of sulfonamides is 1. The van der Waals surface area contributed by atoms with Crippen LogP contribution in [0.5, 0.6) is 0 Å². The number of nitrogens with one attached hydrogen (secondary N) is 1. The second kappa shape index (κ2) is 5.99. The van der Waals surface area contributed by atoms with Gasteiger partial charge in [-0.1, -0.05) is 6.92 Å². The Morgan fingerprint density at radius 2 is 2.10 bits per heavy atom. The van der Waals surface area contributed by atoms with Gasteiger partial charge in [0.2, 0.25) is 10.0 Å². The Labute approximate surface area is 120 Å². The Bertz CT molecular complexity index is 570. The normalized spacial score (nSPS) is 15.6. The molecule has 0 saturated heterocycles. The SMILES string of the molecule is CCN(CCNc1cc(S(N)(=O)=O)ccc1N)C1CC1. The van der Waals surface area contributed by atoms with Gasteiger partial charge in [-0.3, -0.25) is 4.90 Å². The van der Waals surface area contributed by atoms with Crippen molar-refractivity contribution in [2.45, 2.75) is 30.7 Å². The molecule has 1 saturated carbocycles. The van der Waals surface area contributed by atoms with Gasteiger partial charge in [0.05, 0.1) is 16.3 Å². The molecule has 2 rings (SSSR count). The van der Waals surface area contributed by atoms with Crippen LogP contribution in [-0.2, 0) is 10.0 Å². The molecule has 112 valence electrons. The monoisotopic (exact) mass is 298 g/mol. The first-order valence-corrected chi connectivity index (χ1v) is 8.36. The van der Waals surface area contributed by atoms with Crippen LogP contribution in [0.25, 0.3) is 0 Å². The summed E-state index contributed by atoms with van der Waals surface area (Å²) < 4.78 is 22.6. The van der Waals surface area contributed by atoms with Crippen LogP contribution in [0.3, 0.4) is 0 Å². The van der Waals surface area contributed by atoms with E-state index in [1.54, 1.807) is 6.07 Å². The molecule has 20 heavy (non-hydrogen) atoms. The van der Waals surface area contributed by atoms with Crippen molar-refractivity contribution in [2.75, 3.05) is 30.7 Å². The summed E-state index contributed by atoms with van der Waals surface area (Å²) in [4.78, 5) is 2.48. The maximum atomic E-state index is 11.3. The number of anilines is 2. The van der Waals surface area contributed by atoms with Gasteiger partial charge in [0.1, 0.15) is 0 Å². The van der Waals surface area contributed by atoms with Crippen LogP contribution >= 0.6 is 0 Å². The molecular weight excluding hydrogens is 276 g/mol. The van der Waals surface area contributed by atoms with E-state index in [4.69, 9.17) is 10.9 Å². The van der Waals surface area contributed by atoms with Crippen molar-refractivity contribution in [1.82, 2.24) is 4.90 Å². The first-order chi connectivity index (χ1) is 9.41. The molecule has 1 aromatic rings. The van der Waals surface area contributed by atoms with Crippen LogP contribution < -0.4 is 16.2 Å². The highest BCUT2D eigenvalue weighted by Crippen LogP contribution is 2.26. The summed E-state index contributed by atoms with van der Waals surface area (Å²) in [5.41, 5.74) is 6.98. The summed E-state index contributed by atoms with van der Waals surface area (Å²) >= 11 is 0. The minimum Gasteiger partial charge on any atom is -0.397 e. The van der Waals surface area contributed by atoms with Gasteiger partial charge < -0.3 is 11.1 Å². The molecule has 0 unspecified atom stereocenters. The van der Waals surface area contributed by atoms with Gasteiger partial charge in [-0.15, -0.1) is 0 Å². The maximum Gasteiger partial charge on any atom is 0.238 e. The molecule has 0 spiro atoms. The molecule has 0 bridgehead atoms. The molecule has 1 aromatic carbocycles. The largest absolute Gasteiger partial charge is 0.397 e. The molecular formula is C13H22N4O2S. The minimum absolute atomic E-state index is 0.0729. The fourth-order valence-corrected chi connectivity index (χ4v) is 2.78. The second-order valence-corrected chi connectivity index (χ2v) is 6.64. The van der Waals surface area contributed by atoms with E-state index in [0.717, 1.165) is 25.7 Å². The lowest BCUT2D eigenvalue weighted by molar-refractivity contribution is 0.289. The Morgan fingerprint density at radius 3 is 2.65 bits per heavy atom. The van der Waals surface area contributed by atoms with Crippen LogP contribution in [0.1, 0.15) is 19.8 Å². The van der Waals surface area contributed by atoms with Crippen molar-refractivity contribution in [3.63, 3.8) is 0 Å². The molecule has 0 radical (unpaired) electrons. The number of primary sulfonamides is 1. The molecule has 1 fully saturated rings. The van der Waals surface area contributed by atoms with Crippen molar-refractivity contribution < 1.29 is 8.42 Å². The van der Waals surface area contributed by atoms with Gasteiger partial charge in [0.25, 0.3) is 0 Å². The van der Waals surface area contributed by atoms with Gasteiger partial charge in [-0.2, -0.15) is 0 Å². The first-order valence-electron chi connectivity index (χ1n) is 6.82. The van der Waals surface area contributed by atoms with E-state index in [1.165, 1.54) is 25.0 Å². The zero-order valence-electron chi connectivity index (χ0n) is 11.7. The lowest BCUT2D eigenvalue weighted by atomic mass is 10.2. The Hall–Kier alpha value is -1.31. The quantitative estimate of drug-likeness (QED) is 0.647. The molecule has 0 aliphatic heterocycles. The topological polar surface area (TPSA) is 101 Å². The predicted octanol–water partition coefficient (Wildman–Crippen LogP) is 0.812. The van der Waals surface area contributed by atoms with Gasteiger partial charge in [-0.05, 0) is 37.6 Å². The molecule has 5 N–H and O–H groups in total. The van der Waals surface area contributed by atoms with E-state index in [-0.39, 0.29) is 4.90 Å². The highest BCUT2D eigenvalue weighted by Gasteiger charge is 2.27. The minimum atomic E-state index is -3.70. The van der Waals surface area contributed by atoms with Crippen molar-refractivity contribution >= 4 is 21.4 Å². The van der Waals surface area contributed by atoms with Gasteiger partial charge in [-0.25, -0.2) is 13.6 Å². The van der Waals surface area contributed by atoms with E-state index in [2.05, 4.69) is 17.1 Å². The van der Waals surface area contributed by atoms with Crippen molar-refractivity contribution in [2.24, 2.45) is 5.14 Å². The lowest BCUT2D eigenvalue weighted by Crippen LogP contribution is -2.31. The van der Waals surface area contributed by atoms with Crippen LogP contribution in [0.4, 0.5) is 11.4 Å². The van der Waals surface area contributed by atoms with E-state index in [1.807, 2.05) is 0 Å². The summed E-state index contributed by atoms with van der Waals surface area (Å²) in [6.45, 7) is 4.82. The van der Waals surface area contributed by atoms with E-state index in [9.17, 15) is 8.42 Å². The molecule has 0 aromatic heterocycles. The standard InChI is InChI=1S/C13H22N4O2S/c1-2-17(10-3-4-10)8-7-16-13-9-11(20(15,18)19)5-6-12(13)14/h5-6,9-10,16H,2-4,7-8,14H2,1H3,(H2,15,18,19). The molecule has 7 heteroatoms. The number of nitrogen functional groups attached to an aromatic ring is 1. The molecule has 0 atom stereocenters. The summed E-state index contributed by atoms with van der Waals surface area (Å²) in [7, 11) is -3.70. The number of nitrogens with zero attached hydrogens (tertiary/aromatic N) is 1. The van der Waals surface area contributed by atoms with E-state index < -0.39 is 10.0 Å². The average molecular weight is 298 g/mol. The van der Waals surface area contributed by atoms with E-state index >= 15 is 0 Å². The Balaban J connectivity index is 1.98. The molecule has 0 heterocycles. The zero-order chi connectivity index (χ0) is 14.8. The van der Waals surface area contributed by atoms with Gasteiger partial charge >= 0.3 is 0 Å². The Kier molecular flexibility index (Phi) is 4.52. The number of hydrogen-bond acceptors (Lipinski definition) is 5. The number of rotatable bonds is 7. The third-order valence-corrected chi connectivity index (χ3v) is 4.45. The van der Waals surface area contributed by atoms with Crippen LogP contribution in [0.2, 0.25) is 0 Å². The third-order valence-electron chi connectivity index (χ3n) is 3.54. The van der Waals surface area contributed by atoms with Crippen LogP contribution in [0, 0.1) is 0 Å². The molecule has 1 aliphatic carbocycles. The van der Waals surface area contributed by atoms with Crippen molar-refractivity contribution in [1.29, 1.82) is 0 Å². The molecule has 6 nitrogen and oxygen atoms in total. The number of likely N-dealkylation sites (N-methyl/N-ethyl adjacent to an activating group) is 1. The highest BCUT2D eigenvalue weighted by atomic mass is 32.2. The highest BCUT2D eigenvalue weighted by molar-refractivity contribution is 7.89.